The van der Waals surface area contributed by atoms with Gasteiger partial charge < -0.3 is 5.73 Å². The van der Waals surface area contributed by atoms with Crippen LogP contribution in [0, 0.1) is 6.92 Å². The van der Waals surface area contributed by atoms with Gasteiger partial charge in [-0.3, -0.25) is 0 Å². The van der Waals surface area contributed by atoms with E-state index in [0.29, 0.717) is 11.7 Å². The Balaban J connectivity index is 2.75. The zero-order valence-corrected chi connectivity index (χ0v) is 7.52. The fourth-order valence-corrected chi connectivity index (χ4v) is 1.17. The Morgan fingerprint density at radius 3 is 2.92 bits per heavy atom. The maximum Gasteiger partial charge on any atom is 0.223 e. The topological polar surface area (TPSA) is 69.1 Å². The fraction of sp³-hybridized carbons (Fsp3) is 0.286. The van der Waals surface area contributed by atoms with Crippen LogP contribution in [-0.2, 0) is 0 Å². The van der Waals surface area contributed by atoms with Crippen molar-refractivity contribution in [2.24, 2.45) is 0 Å². The molecule has 0 saturated carbocycles. The van der Waals surface area contributed by atoms with E-state index in [2.05, 4.69) is 15.1 Å². The molecule has 6 heteroatoms. The number of hydrogen-bond acceptors (Lipinski definition) is 4. The van der Waals surface area contributed by atoms with Crippen LogP contribution < -0.4 is 11.5 Å². The van der Waals surface area contributed by atoms with Crippen molar-refractivity contribution >= 4 is 24.6 Å². The van der Waals surface area contributed by atoms with Crippen molar-refractivity contribution in [3.63, 3.8) is 0 Å². The predicted molar refractivity (Wildman–Crippen MR) is 51.2 cm³/mol. The molecule has 0 aromatic carbocycles. The van der Waals surface area contributed by atoms with Crippen molar-refractivity contribution in [3.8, 4) is 0 Å². The summed E-state index contributed by atoms with van der Waals surface area (Å²) in [5.74, 6) is 0.371. The standard InChI is InChI=1S/C7H9BN5/c1-4-3-5-11-6(8-2)12-13(5)7(9)10-4/h3H,1-2H3,(H2,9,10). The second-order valence-electron chi connectivity index (χ2n) is 2.78. The third kappa shape index (κ3) is 1.24. The van der Waals surface area contributed by atoms with Crippen molar-refractivity contribution in [2.75, 3.05) is 5.73 Å². The van der Waals surface area contributed by atoms with Gasteiger partial charge >= 0.3 is 0 Å². The second-order valence-corrected chi connectivity index (χ2v) is 2.78. The van der Waals surface area contributed by atoms with Gasteiger partial charge in [-0.15, -0.1) is 0 Å². The fourth-order valence-electron chi connectivity index (χ4n) is 1.17. The lowest BCUT2D eigenvalue weighted by Crippen LogP contribution is -2.15. The van der Waals surface area contributed by atoms with Crippen LogP contribution in [0.15, 0.2) is 6.07 Å². The predicted octanol–water partition coefficient (Wildman–Crippen LogP) is -0.607. The highest BCUT2D eigenvalue weighted by Crippen LogP contribution is 2.03. The Morgan fingerprint density at radius 1 is 1.46 bits per heavy atom. The molecule has 2 aromatic heterocycles. The van der Waals surface area contributed by atoms with E-state index in [1.165, 1.54) is 4.52 Å². The number of hydrogen-bond donors (Lipinski definition) is 1. The Kier molecular flexibility index (Phi) is 1.68. The molecule has 2 rings (SSSR count). The molecule has 5 nitrogen and oxygen atoms in total. The lowest BCUT2D eigenvalue weighted by atomic mass is 9.82. The van der Waals surface area contributed by atoms with Gasteiger partial charge in [0.25, 0.3) is 0 Å². The summed E-state index contributed by atoms with van der Waals surface area (Å²) in [6.07, 6.45) is 0. The number of anilines is 1. The average molecular weight is 174 g/mol. The second kappa shape index (κ2) is 2.72. The largest absolute Gasteiger partial charge is 0.368 e. The van der Waals surface area contributed by atoms with Crippen LogP contribution >= 0.6 is 0 Å². The molecule has 1 radical (unpaired) electrons. The number of aryl methyl sites for hydroxylation is 1. The highest BCUT2D eigenvalue weighted by Gasteiger charge is 2.05. The van der Waals surface area contributed by atoms with Crippen LogP contribution in [0.2, 0.25) is 6.82 Å². The first-order chi connectivity index (χ1) is 6.20. The van der Waals surface area contributed by atoms with Crippen LogP contribution in [0.4, 0.5) is 5.95 Å². The minimum absolute atomic E-state index is 0.371. The zero-order valence-electron chi connectivity index (χ0n) is 7.52. The van der Waals surface area contributed by atoms with Crippen molar-refractivity contribution < 1.29 is 0 Å². The monoisotopic (exact) mass is 174 g/mol. The van der Waals surface area contributed by atoms with E-state index >= 15 is 0 Å². The number of nitrogen functional groups attached to an aromatic ring is 1. The highest BCUT2D eigenvalue weighted by molar-refractivity contribution is 6.49. The first kappa shape index (κ1) is 8.03. The Bertz CT molecular complexity index is 449. The lowest BCUT2D eigenvalue weighted by molar-refractivity contribution is 0.938. The molecular formula is C7H9BN5. The summed E-state index contributed by atoms with van der Waals surface area (Å²) < 4.78 is 1.53. The SMILES string of the molecule is C[B]c1nc2cc(C)nc(N)n2n1. The molecule has 0 aliphatic carbocycles. The van der Waals surface area contributed by atoms with E-state index in [1.54, 1.807) is 0 Å². The average Bonchev–Trinajstić information content (AvgIpc) is 2.47. The number of aromatic nitrogens is 4. The van der Waals surface area contributed by atoms with E-state index in [4.69, 9.17) is 5.73 Å². The van der Waals surface area contributed by atoms with Crippen LogP contribution in [0.25, 0.3) is 5.65 Å². The van der Waals surface area contributed by atoms with Gasteiger partial charge in [-0.05, 0) is 6.92 Å². The Morgan fingerprint density at radius 2 is 2.23 bits per heavy atom. The van der Waals surface area contributed by atoms with E-state index in [0.717, 1.165) is 11.3 Å². The molecule has 0 aliphatic rings. The summed E-state index contributed by atoms with van der Waals surface area (Å²) in [7, 11) is 1.82. The summed E-state index contributed by atoms with van der Waals surface area (Å²) in [5.41, 5.74) is 7.91. The van der Waals surface area contributed by atoms with Crippen molar-refractivity contribution in [2.45, 2.75) is 13.7 Å². The third-order valence-electron chi connectivity index (χ3n) is 1.75. The van der Waals surface area contributed by atoms with Gasteiger partial charge in [0.05, 0.1) is 0 Å². The molecule has 2 heterocycles. The van der Waals surface area contributed by atoms with Crippen molar-refractivity contribution in [1.29, 1.82) is 0 Å². The normalized spacial score (nSPS) is 10.6. The Labute approximate surface area is 76.2 Å². The van der Waals surface area contributed by atoms with Crippen LogP contribution in [0.1, 0.15) is 5.69 Å². The van der Waals surface area contributed by atoms with Gasteiger partial charge in [0.1, 0.15) is 5.72 Å². The molecule has 2 aromatic rings. The maximum atomic E-state index is 5.66. The minimum Gasteiger partial charge on any atom is -0.368 e. The first-order valence-electron chi connectivity index (χ1n) is 4.00. The first-order valence-corrected chi connectivity index (χ1v) is 4.00. The zero-order chi connectivity index (χ0) is 9.42. The summed E-state index contributed by atoms with van der Waals surface area (Å²) in [6, 6.07) is 1.84. The molecule has 0 spiro atoms. The lowest BCUT2D eigenvalue weighted by Gasteiger charge is -1.97. The van der Waals surface area contributed by atoms with E-state index in [-0.39, 0.29) is 0 Å². The summed E-state index contributed by atoms with van der Waals surface area (Å²) in [4.78, 5) is 8.30. The van der Waals surface area contributed by atoms with E-state index in [1.807, 2.05) is 27.1 Å². The number of nitrogens with two attached hydrogens (primary N) is 1. The van der Waals surface area contributed by atoms with Crippen molar-refractivity contribution in [3.05, 3.63) is 11.8 Å². The van der Waals surface area contributed by atoms with Crippen LogP contribution in [0.5, 0.6) is 0 Å². The number of nitrogens with zero attached hydrogens (tertiary/aromatic N) is 4. The molecular weight excluding hydrogens is 165 g/mol. The number of fused-ring (bicyclic) bond motifs is 1. The molecule has 0 amide bonds. The molecule has 13 heavy (non-hydrogen) atoms. The molecule has 0 unspecified atom stereocenters. The maximum absolute atomic E-state index is 5.66. The van der Waals surface area contributed by atoms with E-state index < -0.39 is 0 Å². The highest BCUT2D eigenvalue weighted by atomic mass is 15.3. The van der Waals surface area contributed by atoms with Crippen LogP contribution in [-0.4, -0.2) is 26.9 Å². The van der Waals surface area contributed by atoms with Crippen LogP contribution in [0.3, 0.4) is 0 Å². The molecule has 0 aliphatic heterocycles. The Hall–Kier alpha value is -1.59. The molecule has 0 saturated heterocycles. The third-order valence-corrected chi connectivity index (χ3v) is 1.75. The van der Waals surface area contributed by atoms with Gasteiger partial charge in [0.15, 0.2) is 5.65 Å². The smallest absolute Gasteiger partial charge is 0.223 e. The van der Waals surface area contributed by atoms with Gasteiger partial charge in [0, 0.05) is 11.8 Å². The van der Waals surface area contributed by atoms with Gasteiger partial charge in [-0.1, -0.05) is 6.82 Å². The summed E-state index contributed by atoms with van der Waals surface area (Å²) >= 11 is 0. The molecule has 65 valence electrons. The molecule has 0 bridgehead atoms. The summed E-state index contributed by atoms with van der Waals surface area (Å²) in [6.45, 7) is 3.76. The minimum atomic E-state index is 0.371. The molecule has 0 fully saturated rings. The summed E-state index contributed by atoms with van der Waals surface area (Å²) in [5, 5.41) is 4.13. The molecule has 0 atom stereocenters. The molecule has 2 N–H and O–H groups in total. The van der Waals surface area contributed by atoms with Crippen molar-refractivity contribution in [1.82, 2.24) is 19.6 Å². The quantitative estimate of drug-likeness (QED) is 0.585. The van der Waals surface area contributed by atoms with Gasteiger partial charge in [0.2, 0.25) is 13.2 Å². The van der Waals surface area contributed by atoms with Gasteiger partial charge in [-0.25, -0.2) is 9.97 Å². The number of rotatable bonds is 1. The van der Waals surface area contributed by atoms with E-state index in [9.17, 15) is 0 Å². The van der Waals surface area contributed by atoms with Gasteiger partial charge in [-0.2, -0.15) is 9.61 Å².